The van der Waals surface area contributed by atoms with Gasteiger partial charge in [0.25, 0.3) is 0 Å². The molecule has 1 aliphatic heterocycles. The minimum absolute atomic E-state index is 0.143. The van der Waals surface area contributed by atoms with E-state index in [1.54, 1.807) is 0 Å². The number of hydrogen-bond donors (Lipinski definition) is 0. The summed E-state index contributed by atoms with van der Waals surface area (Å²) in [6.07, 6.45) is 1.86. The predicted molar refractivity (Wildman–Crippen MR) is 167 cm³/mol. The van der Waals surface area contributed by atoms with E-state index in [0.717, 1.165) is 11.3 Å². The Morgan fingerprint density at radius 3 is 2.10 bits per heavy atom. The molecule has 0 unspecified atom stereocenters. The summed E-state index contributed by atoms with van der Waals surface area (Å²) >= 11 is 0. The van der Waals surface area contributed by atoms with E-state index >= 15 is 0 Å². The number of hydrogen-bond acceptors (Lipinski definition) is 1. The van der Waals surface area contributed by atoms with Gasteiger partial charge >= 0.3 is 0 Å². The van der Waals surface area contributed by atoms with Crippen molar-refractivity contribution in [2.45, 2.75) is 19.3 Å². The Labute approximate surface area is 234 Å². The zero-order chi connectivity index (χ0) is 26.8. The second-order valence-electron chi connectivity index (χ2n) is 11.3. The quantitative estimate of drug-likeness (QED) is 0.230. The first-order chi connectivity index (χ1) is 19.6. The molecule has 0 saturated carbocycles. The van der Waals surface area contributed by atoms with Gasteiger partial charge in [-0.1, -0.05) is 92.7 Å². The summed E-state index contributed by atoms with van der Waals surface area (Å²) in [5, 5.41) is 2.58. The molecule has 7 aromatic rings. The normalized spacial score (nSPS) is 13.4. The fourth-order valence-corrected chi connectivity index (χ4v) is 6.59. The first kappa shape index (κ1) is 23.0. The monoisotopic (exact) mass is 512 g/mol. The average Bonchev–Trinajstić information content (AvgIpc) is 3.34. The lowest BCUT2D eigenvalue weighted by Gasteiger charge is -2.35. The highest BCUT2D eigenvalue weighted by atomic mass is 15.0. The maximum Gasteiger partial charge on any atom is 0.0702 e. The molecule has 0 spiro atoms. The van der Waals surface area contributed by atoms with Gasteiger partial charge in [-0.2, -0.15) is 0 Å². The third-order valence-corrected chi connectivity index (χ3v) is 8.62. The Morgan fingerprint density at radius 2 is 1.25 bits per heavy atom. The van der Waals surface area contributed by atoms with Crippen molar-refractivity contribution >= 4 is 21.8 Å². The summed E-state index contributed by atoms with van der Waals surface area (Å²) < 4.78 is 2.49. The van der Waals surface area contributed by atoms with Gasteiger partial charge < -0.3 is 4.57 Å². The van der Waals surface area contributed by atoms with Crippen LogP contribution in [0.3, 0.4) is 0 Å². The standard InChI is InChI=1S/C38H28N2/c1-38(2)32-15-6-7-17-36(32)40-35-19-18-27(25-11-4-3-5-12-25)22-30(35)31-23-29(24-33(38)37(31)40)26-13-10-14-28(21-26)34-16-8-9-20-39-34/h3-24H,1-2H3. The highest BCUT2D eigenvalue weighted by molar-refractivity contribution is 6.14. The van der Waals surface area contributed by atoms with E-state index in [2.05, 4.69) is 139 Å². The molecular weight excluding hydrogens is 484 g/mol. The van der Waals surface area contributed by atoms with Crippen molar-refractivity contribution < 1.29 is 0 Å². The van der Waals surface area contributed by atoms with Crippen molar-refractivity contribution in [3.8, 4) is 39.2 Å². The van der Waals surface area contributed by atoms with Crippen LogP contribution in [0.25, 0.3) is 61.0 Å². The Hall–Kier alpha value is -4.95. The van der Waals surface area contributed by atoms with Gasteiger partial charge in [-0.15, -0.1) is 0 Å². The molecule has 0 radical (unpaired) electrons. The van der Waals surface area contributed by atoms with E-state index in [4.69, 9.17) is 0 Å². The second kappa shape index (κ2) is 8.53. The predicted octanol–water partition coefficient (Wildman–Crippen LogP) is 9.82. The average molecular weight is 513 g/mol. The number of nitrogens with zero attached hydrogens (tertiary/aromatic N) is 2. The summed E-state index contributed by atoms with van der Waals surface area (Å²) in [4.78, 5) is 4.60. The second-order valence-corrected chi connectivity index (χ2v) is 11.3. The third-order valence-electron chi connectivity index (χ3n) is 8.62. The summed E-state index contributed by atoms with van der Waals surface area (Å²) in [6.45, 7) is 4.73. The van der Waals surface area contributed by atoms with Crippen LogP contribution in [0, 0.1) is 0 Å². The highest BCUT2D eigenvalue weighted by Crippen LogP contribution is 2.49. The molecule has 40 heavy (non-hydrogen) atoms. The van der Waals surface area contributed by atoms with Crippen molar-refractivity contribution in [1.29, 1.82) is 0 Å². The van der Waals surface area contributed by atoms with E-state index in [9.17, 15) is 0 Å². The molecule has 2 aromatic heterocycles. The van der Waals surface area contributed by atoms with Gasteiger partial charge in [0.15, 0.2) is 0 Å². The molecule has 0 atom stereocenters. The molecule has 0 aliphatic carbocycles. The van der Waals surface area contributed by atoms with Crippen molar-refractivity contribution in [1.82, 2.24) is 9.55 Å². The largest absolute Gasteiger partial charge is 0.309 e. The molecule has 0 N–H and O–H groups in total. The maximum absolute atomic E-state index is 4.60. The molecule has 0 bridgehead atoms. The van der Waals surface area contributed by atoms with Crippen molar-refractivity contribution in [2.24, 2.45) is 0 Å². The first-order valence-electron chi connectivity index (χ1n) is 13.9. The molecule has 2 nitrogen and oxygen atoms in total. The number of benzene rings is 5. The highest BCUT2D eigenvalue weighted by Gasteiger charge is 2.35. The van der Waals surface area contributed by atoms with Crippen LogP contribution in [-0.4, -0.2) is 9.55 Å². The molecule has 3 heterocycles. The number of para-hydroxylation sites is 1. The van der Waals surface area contributed by atoms with Crippen LogP contribution >= 0.6 is 0 Å². The zero-order valence-corrected chi connectivity index (χ0v) is 22.6. The van der Waals surface area contributed by atoms with E-state index in [-0.39, 0.29) is 5.41 Å². The summed E-state index contributed by atoms with van der Waals surface area (Å²) in [7, 11) is 0. The molecule has 190 valence electrons. The van der Waals surface area contributed by atoms with Gasteiger partial charge in [-0.3, -0.25) is 4.98 Å². The van der Waals surface area contributed by atoms with Gasteiger partial charge in [-0.05, 0) is 81.9 Å². The topological polar surface area (TPSA) is 17.8 Å². The van der Waals surface area contributed by atoms with Gasteiger partial charge in [0, 0.05) is 27.9 Å². The number of rotatable bonds is 3. The first-order valence-corrected chi connectivity index (χ1v) is 13.9. The van der Waals surface area contributed by atoms with Gasteiger partial charge in [-0.25, -0.2) is 0 Å². The van der Waals surface area contributed by atoms with Gasteiger partial charge in [0.1, 0.15) is 0 Å². The minimum atomic E-state index is -0.143. The molecule has 0 fully saturated rings. The lowest BCUT2D eigenvalue weighted by atomic mass is 9.74. The van der Waals surface area contributed by atoms with Crippen molar-refractivity contribution in [3.05, 3.63) is 145 Å². The van der Waals surface area contributed by atoms with Crippen LogP contribution < -0.4 is 0 Å². The molecule has 5 aromatic carbocycles. The molecule has 0 amide bonds. The molecule has 8 rings (SSSR count). The minimum Gasteiger partial charge on any atom is -0.309 e. The van der Waals surface area contributed by atoms with Crippen molar-refractivity contribution in [3.63, 3.8) is 0 Å². The van der Waals surface area contributed by atoms with E-state index in [0.29, 0.717) is 0 Å². The number of aromatic nitrogens is 2. The summed E-state index contributed by atoms with van der Waals surface area (Å²) in [5.74, 6) is 0. The van der Waals surface area contributed by atoms with Crippen LogP contribution in [0.5, 0.6) is 0 Å². The lowest BCUT2D eigenvalue weighted by molar-refractivity contribution is 0.630. The van der Waals surface area contributed by atoms with E-state index in [1.165, 1.54) is 60.9 Å². The van der Waals surface area contributed by atoms with Crippen LogP contribution in [0.15, 0.2) is 134 Å². The van der Waals surface area contributed by atoms with Crippen LogP contribution in [-0.2, 0) is 5.41 Å². The fourth-order valence-electron chi connectivity index (χ4n) is 6.59. The lowest BCUT2D eigenvalue weighted by Crippen LogP contribution is -2.26. The zero-order valence-electron chi connectivity index (χ0n) is 22.6. The number of pyridine rings is 1. The maximum atomic E-state index is 4.60. The molecule has 0 saturated heterocycles. The Morgan fingerprint density at radius 1 is 0.525 bits per heavy atom. The smallest absolute Gasteiger partial charge is 0.0702 e. The Bertz CT molecular complexity index is 2060. The van der Waals surface area contributed by atoms with Gasteiger partial charge in [0.2, 0.25) is 0 Å². The van der Waals surface area contributed by atoms with E-state index < -0.39 is 0 Å². The third kappa shape index (κ3) is 3.32. The Kier molecular flexibility index (Phi) is 4.90. The van der Waals surface area contributed by atoms with Crippen molar-refractivity contribution in [2.75, 3.05) is 0 Å². The van der Waals surface area contributed by atoms with Crippen LogP contribution in [0.1, 0.15) is 25.0 Å². The Balaban J connectivity index is 1.45. The van der Waals surface area contributed by atoms with Crippen LogP contribution in [0.2, 0.25) is 0 Å². The molecule has 1 aliphatic rings. The van der Waals surface area contributed by atoms with Gasteiger partial charge in [0.05, 0.1) is 22.4 Å². The SMILES string of the molecule is CC1(C)c2ccccc2-n2c3ccc(-c4ccccc4)cc3c3cc(-c4cccc(-c5ccccn5)c4)cc1c32. The summed E-state index contributed by atoms with van der Waals surface area (Å²) in [6, 6.07) is 46.2. The fraction of sp³-hybridized carbons (Fsp3) is 0.0789. The van der Waals surface area contributed by atoms with E-state index in [1.807, 2.05) is 18.3 Å². The molecule has 2 heteroatoms. The number of fused-ring (bicyclic) bond motifs is 5. The van der Waals surface area contributed by atoms with Crippen LogP contribution in [0.4, 0.5) is 0 Å². The molecular formula is C38H28N2. The summed E-state index contributed by atoms with van der Waals surface area (Å²) in [5.41, 5.74) is 13.4.